The molecule has 0 unspecified atom stereocenters. The Kier molecular flexibility index (Phi) is 9.53. The highest BCUT2D eigenvalue weighted by Crippen LogP contribution is 2.34. The molecule has 0 amide bonds. The van der Waals surface area contributed by atoms with Crippen molar-refractivity contribution >= 4 is 17.5 Å². The molecule has 0 spiro atoms. The number of rotatable bonds is 13. The largest absolute Gasteiger partial charge is 0.491 e. The molecule has 0 aromatic heterocycles. The third-order valence-electron chi connectivity index (χ3n) is 5.03. The molecule has 0 bridgehead atoms. The van der Waals surface area contributed by atoms with Crippen molar-refractivity contribution in [3.63, 3.8) is 0 Å². The highest BCUT2D eigenvalue weighted by Gasteiger charge is 2.26. The van der Waals surface area contributed by atoms with E-state index >= 15 is 0 Å². The van der Waals surface area contributed by atoms with Gasteiger partial charge in [0.05, 0.1) is 12.7 Å². The number of nitrogens with two attached hydrogens (primary N) is 1. The number of carboxylic acids is 1. The molecule has 0 aliphatic heterocycles. The fourth-order valence-corrected chi connectivity index (χ4v) is 3.44. The van der Waals surface area contributed by atoms with Gasteiger partial charge in [0.15, 0.2) is 6.04 Å². The smallest absolute Gasteiger partial charge is 0.330 e. The van der Waals surface area contributed by atoms with E-state index in [9.17, 15) is 9.90 Å². The summed E-state index contributed by atoms with van der Waals surface area (Å²) in [5.41, 5.74) is 9.39. The fraction of sp³-hybridized carbons (Fsp3) is 0.440. The molecule has 2 rings (SSSR count). The van der Waals surface area contributed by atoms with Gasteiger partial charge < -0.3 is 25.6 Å². The van der Waals surface area contributed by atoms with Crippen molar-refractivity contribution in [2.24, 2.45) is 5.73 Å². The van der Waals surface area contributed by atoms with Gasteiger partial charge in [0.25, 0.3) is 0 Å². The normalized spacial score (nSPS) is 11.9. The third-order valence-corrected chi connectivity index (χ3v) is 5.03. The van der Waals surface area contributed by atoms with E-state index in [0.717, 1.165) is 30.4 Å². The minimum Gasteiger partial charge on any atom is -0.491 e. The molecule has 0 fully saturated rings. The number of amidine groups is 1. The molecule has 7 nitrogen and oxygen atoms in total. The van der Waals surface area contributed by atoms with Crippen LogP contribution in [0.5, 0.6) is 5.75 Å². The number of benzene rings is 2. The highest BCUT2D eigenvalue weighted by molar-refractivity contribution is 5.95. The number of carbonyl (C=O) groups is 1. The molecule has 2 aromatic carbocycles. The summed E-state index contributed by atoms with van der Waals surface area (Å²) in [6.45, 7) is 8.84. The summed E-state index contributed by atoms with van der Waals surface area (Å²) in [4.78, 5) is 12.3. The second kappa shape index (κ2) is 12.1. The molecule has 7 heteroatoms. The Labute approximate surface area is 190 Å². The fourth-order valence-electron chi connectivity index (χ4n) is 3.44. The second-order valence-electron chi connectivity index (χ2n) is 7.95. The first-order valence-corrected chi connectivity index (χ1v) is 11.1. The molecule has 0 saturated carbocycles. The average molecular weight is 442 g/mol. The van der Waals surface area contributed by atoms with Crippen molar-refractivity contribution in [2.75, 3.05) is 18.5 Å². The summed E-state index contributed by atoms with van der Waals surface area (Å²) in [5.74, 6) is -0.429. The van der Waals surface area contributed by atoms with E-state index in [4.69, 9.17) is 20.6 Å². The Morgan fingerprint density at radius 2 is 1.84 bits per heavy atom. The van der Waals surface area contributed by atoms with Gasteiger partial charge in [-0.2, -0.15) is 0 Å². The van der Waals surface area contributed by atoms with Crippen LogP contribution in [0.15, 0.2) is 36.4 Å². The number of nitrogens with one attached hydrogen (secondary N) is 2. The zero-order chi connectivity index (χ0) is 23.7. The van der Waals surface area contributed by atoms with Crippen LogP contribution in [-0.2, 0) is 22.4 Å². The Hall–Kier alpha value is -3.06. The van der Waals surface area contributed by atoms with Gasteiger partial charge in [0.1, 0.15) is 18.2 Å². The van der Waals surface area contributed by atoms with Gasteiger partial charge >= 0.3 is 5.97 Å². The van der Waals surface area contributed by atoms with Crippen molar-refractivity contribution in [2.45, 2.75) is 59.1 Å². The quantitative estimate of drug-likeness (QED) is 0.206. The highest BCUT2D eigenvalue weighted by atomic mass is 16.5. The maximum atomic E-state index is 12.3. The third kappa shape index (κ3) is 6.99. The summed E-state index contributed by atoms with van der Waals surface area (Å²) >= 11 is 0. The second-order valence-corrected chi connectivity index (χ2v) is 7.95. The van der Waals surface area contributed by atoms with E-state index in [2.05, 4.69) is 25.2 Å². The molecule has 0 aliphatic rings. The van der Waals surface area contributed by atoms with Crippen LogP contribution in [0.25, 0.3) is 0 Å². The molecule has 0 saturated heterocycles. The maximum absolute atomic E-state index is 12.3. The Morgan fingerprint density at radius 1 is 1.16 bits per heavy atom. The molecule has 174 valence electrons. The zero-order valence-electron chi connectivity index (χ0n) is 19.4. The molecular formula is C25H35N3O4. The lowest BCUT2D eigenvalue weighted by atomic mass is 9.95. The predicted molar refractivity (Wildman–Crippen MR) is 128 cm³/mol. The summed E-state index contributed by atoms with van der Waals surface area (Å²) < 4.78 is 11.7. The van der Waals surface area contributed by atoms with Gasteiger partial charge in [0.2, 0.25) is 0 Å². The molecule has 1 atom stereocenters. The number of aryl methyl sites for hydroxylation is 2. The van der Waals surface area contributed by atoms with Crippen LogP contribution < -0.4 is 15.8 Å². The SMILES string of the molecule is CCCc1cc(CC)cc([C@@H](Nc2ccc(C(=N)N)cc2)C(=O)O)c1OCCOC(C)C. The van der Waals surface area contributed by atoms with E-state index < -0.39 is 12.0 Å². The van der Waals surface area contributed by atoms with Crippen LogP contribution in [0.3, 0.4) is 0 Å². The summed E-state index contributed by atoms with van der Waals surface area (Å²) in [7, 11) is 0. The number of anilines is 1. The number of ether oxygens (including phenoxy) is 2. The zero-order valence-corrected chi connectivity index (χ0v) is 19.4. The van der Waals surface area contributed by atoms with Crippen LogP contribution in [0.2, 0.25) is 0 Å². The molecule has 0 heterocycles. The Morgan fingerprint density at radius 3 is 2.38 bits per heavy atom. The predicted octanol–water partition coefficient (Wildman–Crippen LogP) is 4.53. The van der Waals surface area contributed by atoms with Crippen molar-refractivity contribution in [3.05, 3.63) is 58.7 Å². The van der Waals surface area contributed by atoms with Crippen LogP contribution in [0.1, 0.15) is 62.4 Å². The summed E-state index contributed by atoms with van der Waals surface area (Å²) in [6.07, 6.45) is 2.60. The van der Waals surface area contributed by atoms with Crippen molar-refractivity contribution in [1.29, 1.82) is 5.41 Å². The van der Waals surface area contributed by atoms with Gasteiger partial charge in [-0.3, -0.25) is 5.41 Å². The monoisotopic (exact) mass is 441 g/mol. The first-order valence-electron chi connectivity index (χ1n) is 11.1. The molecule has 2 aromatic rings. The number of nitrogen functional groups attached to an aromatic ring is 1. The van der Waals surface area contributed by atoms with Gasteiger partial charge in [-0.25, -0.2) is 4.79 Å². The van der Waals surface area contributed by atoms with Crippen LogP contribution in [0.4, 0.5) is 5.69 Å². The first kappa shape index (κ1) is 25.2. The average Bonchev–Trinajstić information content (AvgIpc) is 2.75. The van der Waals surface area contributed by atoms with E-state index in [-0.39, 0.29) is 11.9 Å². The number of hydrogen-bond acceptors (Lipinski definition) is 5. The topological polar surface area (TPSA) is 118 Å². The van der Waals surface area contributed by atoms with E-state index in [0.29, 0.717) is 35.8 Å². The molecule has 32 heavy (non-hydrogen) atoms. The van der Waals surface area contributed by atoms with Gasteiger partial charge in [-0.15, -0.1) is 0 Å². The van der Waals surface area contributed by atoms with Crippen LogP contribution in [-0.4, -0.2) is 36.2 Å². The molecular weight excluding hydrogens is 406 g/mol. The number of aliphatic carboxylic acids is 1. The summed E-state index contributed by atoms with van der Waals surface area (Å²) in [5, 5.41) is 20.7. The van der Waals surface area contributed by atoms with Gasteiger partial charge in [0, 0.05) is 16.8 Å². The molecule has 0 aliphatic carbocycles. The molecule has 0 radical (unpaired) electrons. The van der Waals surface area contributed by atoms with Crippen LogP contribution in [0, 0.1) is 5.41 Å². The van der Waals surface area contributed by atoms with Crippen molar-refractivity contribution in [3.8, 4) is 5.75 Å². The number of carboxylic acid groups (broad SMARTS) is 1. The lowest BCUT2D eigenvalue weighted by Crippen LogP contribution is -2.23. The van der Waals surface area contributed by atoms with E-state index in [1.807, 2.05) is 19.9 Å². The van der Waals surface area contributed by atoms with Crippen LogP contribution >= 0.6 is 0 Å². The van der Waals surface area contributed by atoms with E-state index in [1.165, 1.54) is 0 Å². The lowest BCUT2D eigenvalue weighted by molar-refractivity contribution is -0.138. The van der Waals surface area contributed by atoms with Crippen molar-refractivity contribution < 1.29 is 19.4 Å². The van der Waals surface area contributed by atoms with Gasteiger partial charge in [-0.05, 0) is 68.1 Å². The standard InChI is InChI=1S/C25H35N3O4/c1-5-7-19-14-17(6-2)15-21(23(19)32-13-12-31-16(3)4)22(25(29)30)28-20-10-8-18(9-11-20)24(26)27/h8-11,14-16,22,28H,5-7,12-13H2,1-4H3,(H3,26,27)(H,29,30)/t22-/m1/s1. The Bertz CT molecular complexity index is 910. The lowest BCUT2D eigenvalue weighted by Gasteiger charge is -2.23. The Balaban J connectivity index is 2.44. The minimum atomic E-state index is -1.00. The van der Waals surface area contributed by atoms with Gasteiger partial charge in [-0.1, -0.05) is 26.3 Å². The first-order chi connectivity index (χ1) is 15.3. The van der Waals surface area contributed by atoms with E-state index in [1.54, 1.807) is 24.3 Å². The van der Waals surface area contributed by atoms with Crippen molar-refractivity contribution in [1.82, 2.24) is 0 Å². The maximum Gasteiger partial charge on any atom is 0.330 e. The number of hydrogen-bond donors (Lipinski definition) is 4. The summed E-state index contributed by atoms with van der Waals surface area (Å²) in [6, 6.07) is 9.84. The minimum absolute atomic E-state index is 0.0366. The molecule has 5 N–H and O–H groups in total.